The van der Waals surface area contributed by atoms with E-state index in [1.807, 2.05) is 0 Å². The highest BCUT2D eigenvalue weighted by atomic mass is 16.5. The molecule has 1 fully saturated rings. The van der Waals surface area contributed by atoms with Gasteiger partial charge in [-0.15, -0.1) is 0 Å². The van der Waals surface area contributed by atoms with Gasteiger partial charge in [0.2, 0.25) is 0 Å². The smallest absolute Gasteiger partial charge is 0.0701 e. The van der Waals surface area contributed by atoms with Crippen LogP contribution in [-0.2, 0) is 4.74 Å². The summed E-state index contributed by atoms with van der Waals surface area (Å²) in [6, 6.07) is 0. The fourth-order valence-corrected chi connectivity index (χ4v) is 3.02. The van der Waals surface area contributed by atoms with Crippen LogP contribution in [0.1, 0.15) is 77.6 Å². The van der Waals surface area contributed by atoms with E-state index in [1.165, 1.54) is 70.6 Å². The van der Waals surface area contributed by atoms with Gasteiger partial charge < -0.3 is 9.84 Å². The molecular weight excluding hydrogens is 224 g/mol. The van der Waals surface area contributed by atoms with Crippen LogP contribution in [0.2, 0.25) is 0 Å². The van der Waals surface area contributed by atoms with Crippen molar-refractivity contribution in [1.82, 2.24) is 0 Å². The normalized spacial score (nSPS) is 24.3. The number of hydrogen-bond donors (Lipinski definition) is 1. The van der Waals surface area contributed by atoms with Gasteiger partial charge in [0.25, 0.3) is 0 Å². The molecule has 1 saturated carbocycles. The Balaban J connectivity index is 1.92. The highest BCUT2D eigenvalue weighted by Gasteiger charge is 2.20. The average molecular weight is 256 g/mol. The van der Waals surface area contributed by atoms with E-state index in [-0.39, 0.29) is 6.61 Å². The lowest BCUT2D eigenvalue weighted by Crippen LogP contribution is -2.22. The molecule has 0 radical (unpaired) electrons. The average Bonchev–Trinajstić information content (AvgIpc) is 2.42. The molecule has 0 aliphatic heterocycles. The molecule has 0 aromatic carbocycles. The SMILES string of the molecule is CCCCCCCCC1CCC(OCCO)CC1. The van der Waals surface area contributed by atoms with Gasteiger partial charge in [-0.3, -0.25) is 0 Å². The minimum atomic E-state index is 0.164. The monoisotopic (exact) mass is 256 g/mol. The Morgan fingerprint density at radius 3 is 2.28 bits per heavy atom. The highest BCUT2D eigenvalue weighted by molar-refractivity contribution is 4.72. The zero-order valence-electron chi connectivity index (χ0n) is 12.2. The van der Waals surface area contributed by atoms with Gasteiger partial charge in [-0.25, -0.2) is 0 Å². The first kappa shape index (κ1) is 16.0. The molecule has 0 spiro atoms. The second kappa shape index (κ2) is 10.8. The van der Waals surface area contributed by atoms with Crippen LogP contribution in [0.5, 0.6) is 0 Å². The third kappa shape index (κ3) is 7.38. The topological polar surface area (TPSA) is 29.5 Å². The van der Waals surface area contributed by atoms with Crippen LogP contribution < -0.4 is 0 Å². The summed E-state index contributed by atoms with van der Waals surface area (Å²) in [5, 5.41) is 8.73. The summed E-state index contributed by atoms with van der Waals surface area (Å²) in [6.45, 7) is 2.96. The summed E-state index contributed by atoms with van der Waals surface area (Å²) in [4.78, 5) is 0. The summed E-state index contributed by atoms with van der Waals surface area (Å²) in [5.41, 5.74) is 0. The highest BCUT2D eigenvalue weighted by Crippen LogP contribution is 2.30. The van der Waals surface area contributed by atoms with Crippen molar-refractivity contribution in [1.29, 1.82) is 0 Å². The Labute approximate surface area is 113 Å². The van der Waals surface area contributed by atoms with Crippen LogP contribution in [0.25, 0.3) is 0 Å². The lowest BCUT2D eigenvalue weighted by molar-refractivity contribution is -0.000329. The Hall–Kier alpha value is -0.0800. The maximum Gasteiger partial charge on any atom is 0.0701 e. The Kier molecular flexibility index (Phi) is 9.59. The molecule has 108 valence electrons. The molecule has 2 nitrogen and oxygen atoms in total. The molecule has 0 amide bonds. The van der Waals surface area contributed by atoms with Crippen molar-refractivity contribution in [2.24, 2.45) is 5.92 Å². The predicted molar refractivity (Wildman–Crippen MR) is 76.8 cm³/mol. The van der Waals surface area contributed by atoms with Gasteiger partial charge in [0.1, 0.15) is 0 Å². The molecule has 0 bridgehead atoms. The number of aliphatic hydroxyl groups excluding tert-OH is 1. The van der Waals surface area contributed by atoms with E-state index in [4.69, 9.17) is 9.84 Å². The molecule has 0 aromatic heterocycles. The number of ether oxygens (including phenoxy) is 1. The maximum absolute atomic E-state index is 8.73. The summed E-state index contributed by atoms with van der Waals surface area (Å²) < 4.78 is 5.60. The number of hydrogen-bond acceptors (Lipinski definition) is 2. The first-order chi connectivity index (χ1) is 8.86. The summed E-state index contributed by atoms with van der Waals surface area (Å²) in [5.74, 6) is 0.949. The zero-order valence-corrected chi connectivity index (χ0v) is 12.2. The molecule has 0 atom stereocenters. The molecule has 0 aromatic rings. The molecule has 18 heavy (non-hydrogen) atoms. The molecule has 0 saturated heterocycles. The number of unbranched alkanes of at least 4 members (excludes halogenated alkanes) is 5. The third-order valence-corrected chi connectivity index (χ3v) is 4.20. The Bertz CT molecular complexity index is 174. The summed E-state index contributed by atoms with van der Waals surface area (Å²) >= 11 is 0. The van der Waals surface area contributed by atoms with Crippen molar-refractivity contribution in [2.45, 2.75) is 83.7 Å². The zero-order chi connectivity index (χ0) is 13.1. The van der Waals surface area contributed by atoms with Crippen LogP contribution in [0.15, 0.2) is 0 Å². The van der Waals surface area contributed by atoms with Crippen molar-refractivity contribution in [3.63, 3.8) is 0 Å². The van der Waals surface area contributed by atoms with E-state index >= 15 is 0 Å². The van der Waals surface area contributed by atoms with Gasteiger partial charge in [0.15, 0.2) is 0 Å². The third-order valence-electron chi connectivity index (χ3n) is 4.20. The van der Waals surface area contributed by atoms with E-state index in [1.54, 1.807) is 0 Å². The van der Waals surface area contributed by atoms with Crippen molar-refractivity contribution in [3.8, 4) is 0 Å². The van der Waals surface area contributed by atoms with Crippen molar-refractivity contribution >= 4 is 0 Å². The van der Waals surface area contributed by atoms with Gasteiger partial charge >= 0.3 is 0 Å². The second-order valence-corrected chi connectivity index (χ2v) is 5.79. The van der Waals surface area contributed by atoms with E-state index in [9.17, 15) is 0 Å². The fraction of sp³-hybridized carbons (Fsp3) is 1.00. The Morgan fingerprint density at radius 1 is 0.944 bits per heavy atom. The molecule has 0 unspecified atom stereocenters. The summed E-state index contributed by atoms with van der Waals surface area (Å²) in [7, 11) is 0. The number of aliphatic hydroxyl groups is 1. The molecule has 1 aliphatic rings. The number of rotatable bonds is 10. The lowest BCUT2D eigenvalue weighted by Gasteiger charge is -2.28. The van der Waals surface area contributed by atoms with Crippen LogP contribution >= 0.6 is 0 Å². The van der Waals surface area contributed by atoms with Gasteiger partial charge in [-0.1, -0.05) is 51.9 Å². The molecule has 0 heterocycles. The fourth-order valence-electron chi connectivity index (χ4n) is 3.02. The van der Waals surface area contributed by atoms with Gasteiger partial charge in [0.05, 0.1) is 19.3 Å². The minimum absolute atomic E-state index is 0.164. The van der Waals surface area contributed by atoms with Gasteiger partial charge in [-0.2, -0.15) is 0 Å². The van der Waals surface area contributed by atoms with Crippen LogP contribution in [0.3, 0.4) is 0 Å². The van der Waals surface area contributed by atoms with E-state index < -0.39 is 0 Å². The molecule has 1 aliphatic carbocycles. The first-order valence-corrected chi connectivity index (χ1v) is 8.09. The largest absolute Gasteiger partial charge is 0.394 e. The van der Waals surface area contributed by atoms with Gasteiger partial charge in [-0.05, 0) is 31.6 Å². The first-order valence-electron chi connectivity index (χ1n) is 8.09. The van der Waals surface area contributed by atoms with E-state index in [2.05, 4.69) is 6.92 Å². The van der Waals surface area contributed by atoms with Gasteiger partial charge in [0, 0.05) is 0 Å². The van der Waals surface area contributed by atoms with Crippen molar-refractivity contribution in [3.05, 3.63) is 0 Å². The molecule has 2 heteroatoms. The Morgan fingerprint density at radius 2 is 1.61 bits per heavy atom. The lowest BCUT2D eigenvalue weighted by atomic mass is 9.84. The van der Waals surface area contributed by atoms with Crippen molar-refractivity contribution in [2.75, 3.05) is 13.2 Å². The van der Waals surface area contributed by atoms with Crippen LogP contribution in [-0.4, -0.2) is 24.4 Å². The van der Waals surface area contributed by atoms with Crippen molar-refractivity contribution < 1.29 is 9.84 Å². The maximum atomic E-state index is 8.73. The van der Waals surface area contributed by atoms with E-state index in [0.717, 1.165) is 5.92 Å². The second-order valence-electron chi connectivity index (χ2n) is 5.79. The molecule has 1 rings (SSSR count). The van der Waals surface area contributed by atoms with Crippen LogP contribution in [0.4, 0.5) is 0 Å². The quantitative estimate of drug-likeness (QED) is 0.590. The predicted octanol–water partition coefficient (Wildman–Crippen LogP) is 4.30. The molecular formula is C16H32O2. The van der Waals surface area contributed by atoms with E-state index in [0.29, 0.717) is 12.7 Å². The molecule has 1 N–H and O–H groups in total. The minimum Gasteiger partial charge on any atom is -0.394 e. The summed E-state index contributed by atoms with van der Waals surface area (Å²) in [6.07, 6.45) is 15.4. The standard InChI is InChI=1S/C16H32O2/c1-2-3-4-5-6-7-8-15-9-11-16(12-10-15)18-14-13-17/h15-17H,2-14H2,1H3. The van der Waals surface area contributed by atoms with Crippen LogP contribution in [0, 0.1) is 5.92 Å².